The summed E-state index contributed by atoms with van der Waals surface area (Å²) in [6.45, 7) is 16.1. The van der Waals surface area contributed by atoms with Crippen molar-refractivity contribution in [1.82, 2.24) is 0 Å². The van der Waals surface area contributed by atoms with Crippen molar-refractivity contribution in [3.8, 4) is 0 Å². The molecule has 48 heavy (non-hydrogen) atoms. The number of carbonyl (C=O) groups is 1. The smallest absolute Gasteiger partial charge is 0.302 e. The topological polar surface area (TPSA) is 168 Å². The molecule has 8 rings (SSSR count). The monoisotopic (exact) mass is 678 g/mol. The second-order valence-electron chi connectivity index (χ2n) is 19.0. The molecule has 11 nitrogen and oxygen atoms in total. The van der Waals surface area contributed by atoms with E-state index >= 15 is 0 Å². The molecular weight excluding hydrogens is 620 g/mol. The molecule has 3 aliphatic heterocycles. The molecule has 5 saturated carbocycles. The highest BCUT2D eigenvalue weighted by Gasteiger charge is 2.87. The zero-order valence-corrected chi connectivity index (χ0v) is 29.8. The molecule has 18 atom stereocenters. The fourth-order valence-electron chi connectivity index (χ4n) is 14.1. The first-order valence-corrected chi connectivity index (χ1v) is 18.5. The lowest BCUT2D eigenvalue weighted by Gasteiger charge is -2.65. The van der Waals surface area contributed by atoms with Crippen molar-refractivity contribution in [2.24, 2.45) is 50.7 Å². The van der Waals surface area contributed by atoms with Gasteiger partial charge >= 0.3 is 5.97 Å². The summed E-state index contributed by atoms with van der Waals surface area (Å²) in [5.74, 6) is -1.03. The second kappa shape index (κ2) is 10.2. The van der Waals surface area contributed by atoms with Crippen molar-refractivity contribution in [2.75, 3.05) is 6.61 Å². The van der Waals surface area contributed by atoms with E-state index in [-0.39, 0.29) is 64.4 Å². The molecule has 8 aliphatic rings. The van der Waals surface area contributed by atoms with Crippen LogP contribution in [0.2, 0.25) is 0 Å². The van der Waals surface area contributed by atoms with Crippen molar-refractivity contribution in [3.63, 3.8) is 0 Å². The van der Waals surface area contributed by atoms with Crippen LogP contribution in [0.5, 0.6) is 0 Å². The number of aliphatic hydroxyl groups is 5. The number of rotatable bonds is 4. The Morgan fingerprint density at radius 1 is 0.896 bits per heavy atom. The number of fused-ring (bicyclic) bond motifs is 4. The zero-order chi connectivity index (χ0) is 34.8. The van der Waals surface area contributed by atoms with Gasteiger partial charge in [-0.25, -0.2) is 0 Å². The molecule has 0 bridgehead atoms. The highest BCUT2D eigenvalue weighted by atomic mass is 16.8. The van der Waals surface area contributed by atoms with Crippen molar-refractivity contribution in [3.05, 3.63) is 0 Å². The lowest BCUT2D eigenvalue weighted by molar-refractivity contribution is -0.303. The zero-order valence-electron chi connectivity index (χ0n) is 29.8. The van der Waals surface area contributed by atoms with Crippen LogP contribution in [0.1, 0.15) is 100 Å². The van der Waals surface area contributed by atoms with Crippen molar-refractivity contribution in [2.45, 2.75) is 167 Å². The Labute approximate surface area is 284 Å². The van der Waals surface area contributed by atoms with Crippen LogP contribution in [-0.2, 0) is 28.5 Å². The number of epoxide rings is 1. The lowest BCUT2D eigenvalue weighted by atomic mass is 9.41. The predicted octanol–water partition coefficient (Wildman–Crippen LogP) is 2.66. The van der Waals surface area contributed by atoms with Crippen molar-refractivity contribution < 1.29 is 54.0 Å². The average Bonchev–Trinajstić information content (AvgIpc) is 3.86. The SMILES string of the molecule is CC(=O)O[C@@H]1C[C@@]23C[C@@]24CC[C@H](O[C@@H]2OC[C@@H](O)[C@H](O)[C@H]2O)C(C)(C)[C@@H]4CC[C@H]3[C@]2(C)C[C@@H]3O[C@@]4(O[C@H]4C(C)(C)O)[C@H](O)[C@@H](C)[C@@H]3[C@@]12C. The summed E-state index contributed by atoms with van der Waals surface area (Å²) in [5, 5.41) is 53.5. The summed E-state index contributed by atoms with van der Waals surface area (Å²) in [6, 6.07) is 0. The standard InChI is InChI=1S/C37H58O11/c1-17-25-20(47-37(28(17)42)30(48-37)32(5,6)43)13-33(7)22-10-9-21-31(3,4)23(46-29-27(41)26(40)19(39)15-44-29)11-12-35(21)16-36(22,35)14-24(34(25,33)8)45-18(2)38/h17,19-30,39-43H,9-16H2,1-8H3/t17-,19+,20-,21-,22-,23-,24+,25-,26-,27+,28+,29-,30-,33-,34+,35+,36-,37+/m0/s1. The molecule has 3 spiro atoms. The normalized spacial score (nSPS) is 59.4. The first-order valence-electron chi connectivity index (χ1n) is 18.5. The molecule has 5 aliphatic carbocycles. The molecule has 5 N–H and O–H groups in total. The van der Waals surface area contributed by atoms with Gasteiger partial charge in [0.2, 0.25) is 5.79 Å². The Kier molecular flexibility index (Phi) is 7.24. The van der Waals surface area contributed by atoms with E-state index in [9.17, 15) is 30.3 Å². The van der Waals surface area contributed by atoms with E-state index in [1.165, 1.54) is 6.92 Å². The Hall–Kier alpha value is -0.890. The van der Waals surface area contributed by atoms with Crippen LogP contribution in [0.25, 0.3) is 0 Å². The minimum Gasteiger partial charge on any atom is -0.462 e. The van der Waals surface area contributed by atoms with Gasteiger partial charge in [0.05, 0.1) is 24.4 Å². The van der Waals surface area contributed by atoms with Gasteiger partial charge in [-0.15, -0.1) is 0 Å². The van der Waals surface area contributed by atoms with E-state index in [0.29, 0.717) is 11.8 Å². The van der Waals surface area contributed by atoms with Gasteiger partial charge in [-0.3, -0.25) is 4.79 Å². The fourth-order valence-corrected chi connectivity index (χ4v) is 14.1. The van der Waals surface area contributed by atoms with Gasteiger partial charge in [0, 0.05) is 12.3 Å². The highest BCUT2D eigenvalue weighted by molar-refractivity contribution is 5.66. The first-order chi connectivity index (χ1) is 22.2. The van der Waals surface area contributed by atoms with E-state index in [2.05, 4.69) is 34.6 Å². The molecule has 0 aromatic carbocycles. The minimum atomic E-state index is -1.32. The van der Waals surface area contributed by atoms with E-state index in [4.69, 9.17) is 23.7 Å². The number of esters is 1. The van der Waals surface area contributed by atoms with Crippen LogP contribution in [0.15, 0.2) is 0 Å². The van der Waals surface area contributed by atoms with Gasteiger partial charge in [-0.05, 0) is 104 Å². The summed E-state index contributed by atoms with van der Waals surface area (Å²) < 4.78 is 31.4. The van der Waals surface area contributed by atoms with Gasteiger partial charge in [0.25, 0.3) is 0 Å². The summed E-state index contributed by atoms with van der Waals surface area (Å²) in [5.41, 5.74) is -2.02. The quantitative estimate of drug-likeness (QED) is 0.169. The molecule has 8 fully saturated rings. The third-order valence-corrected chi connectivity index (χ3v) is 16.2. The Morgan fingerprint density at radius 2 is 1.58 bits per heavy atom. The number of ether oxygens (including phenoxy) is 5. The van der Waals surface area contributed by atoms with E-state index in [1.54, 1.807) is 13.8 Å². The lowest BCUT2D eigenvalue weighted by Crippen LogP contribution is -2.65. The summed E-state index contributed by atoms with van der Waals surface area (Å²) in [7, 11) is 0. The average molecular weight is 679 g/mol. The van der Waals surface area contributed by atoms with E-state index in [0.717, 1.165) is 44.9 Å². The molecule has 0 radical (unpaired) electrons. The van der Waals surface area contributed by atoms with Crippen LogP contribution in [-0.4, -0.2) is 105 Å². The van der Waals surface area contributed by atoms with Gasteiger partial charge in [0.1, 0.15) is 36.6 Å². The fraction of sp³-hybridized carbons (Fsp3) is 0.973. The summed E-state index contributed by atoms with van der Waals surface area (Å²) >= 11 is 0. The molecule has 3 heterocycles. The van der Waals surface area contributed by atoms with Gasteiger partial charge in [-0.1, -0.05) is 34.6 Å². The first kappa shape index (κ1) is 34.2. The Morgan fingerprint density at radius 3 is 2.23 bits per heavy atom. The molecule has 11 heteroatoms. The molecule has 0 aromatic rings. The number of carbonyl (C=O) groups excluding carboxylic acids is 1. The van der Waals surface area contributed by atoms with Gasteiger partial charge in [-0.2, -0.15) is 0 Å². The largest absolute Gasteiger partial charge is 0.462 e. The van der Waals surface area contributed by atoms with Gasteiger partial charge < -0.3 is 49.2 Å². The molecule has 0 aromatic heterocycles. The number of hydrogen-bond donors (Lipinski definition) is 5. The van der Waals surface area contributed by atoms with Crippen LogP contribution in [0, 0.1) is 50.7 Å². The van der Waals surface area contributed by atoms with E-state index in [1.807, 2.05) is 0 Å². The minimum absolute atomic E-state index is 0.00751. The maximum absolute atomic E-state index is 12.9. The third-order valence-electron chi connectivity index (χ3n) is 16.2. The van der Waals surface area contributed by atoms with Crippen molar-refractivity contribution in [1.29, 1.82) is 0 Å². The summed E-state index contributed by atoms with van der Waals surface area (Å²) in [4.78, 5) is 12.9. The van der Waals surface area contributed by atoms with Gasteiger partial charge in [0.15, 0.2) is 6.29 Å². The third kappa shape index (κ3) is 4.06. The van der Waals surface area contributed by atoms with E-state index < -0.39 is 53.6 Å². The highest BCUT2D eigenvalue weighted by Crippen LogP contribution is 2.89. The second-order valence-corrected chi connectivity index (χ2v) is 19.0. The van der Waals surface area contributed by atoms with Crippen LogP contribution in [0.3, 0.4) is 0 Å². The molecule has 3 saturated heterocycles. The Balaban J connectivity index is 1.11. The number of aliphatic hydroxyl groups excluding tert-OH is 4. The maximum atomic E-state index is 12.9. The molecule has 0 unspecified atom stereocenters. The number of hydrogen-bond acceptors (Lipinski definition) is 11. The van der Waals surface area contributed by atoms with Crippen molar-refractivity contribution >= 4 is 5.97 Å². The predicted molar refractivity (Wildman–Crippen MR) is 170 cm³/mol. The van der Waals surface area contributed by atoms with Crippen LogP contribution < -0.4 is 0 Å². The van der Waals surface area contributed by atoms with Crippen LogP contribution >= 0.6 is 0 Å². The molecule has 0 amide bonds. The summed E-state index contributed by atoms with van der Waals surface area (Å²) in [6.07, 6.45) is -0.610. The maximum Gasteiger partial charge on any atom is 0.302 e. The van der Waals surface area contributed by atoms with Crippen LogP contribution in [0.4, 0.5) is 0 Å². The Bertz CT molecular complexity index is 1350. The molecular formula is C37H58O11. The molecule has 272 valence electrons.